The molecule has 2 aliphatic heterocycles. The molecule has 0 aliphatic carbocycles. The van der Waals surface area contributed by atoms with E-state index in [-0.39, 0.29) is 5.04 Å². The zero-order chi connectivity index (χ0) is 31.0. The van der Waals surface area contributed by atoms with Crippen molar-refractivity contribution in [3.8, 4) is 17.3 Å². The fraction of sp³-hybridized carbons (Fsp3) is 0.516. The first-order valence-corrected chi connectivity index (χ1v) is 17.8. The highest BCUT2D eigenvalue weighted by atomic mass is 28.4. The number of anilines is 3. The van der Waals surface area contributed by atoms with Gasteiger partial charge in [0, 0.05) is 49.2 Å². The Morgan fingerprint density at radius 1 is 1.30 bits per heavy atom. The van der Waals surface area contributed by atoms with Crippen molar-refractivity contribution in [3.05, 3.63) is 47.4 Å². The number of aromatic nitrogens is 4. The van der Waals surface area contributed by atoms with Gasteiger partial charge in [0.2, 0.25) is 5.95 Å². The van der Waals surface area contributed by atoms with Crippen molar-refractivity contribution < 1.29 is 14.0 Å². The van der Waals surface area contributed by atoms with E-state index in [9.17, 15) is 10.1 Å². The Kier molecular flexibility index (Phi) is 8.53. The molecule has 1 atom stereocenters. The van der Waals surface area contributed by atoms with E-state index in [0.29, 0.717) is 36.4 Å². The third-order valence-corrected chi connectivity index (χ3v) is 13.7. The molecule has 0 spiro atoms. The predicted octanol–water partition coefficient (Wildman–Crippen LogP) is 5.52. The molecule has 0 amide bonds. The summed E-state index contributed by atoms with van der Waals surface area (Å²) in [4.78, 5) is 22.8. The molecule has 225 valence electrons. The summed E-state index contributed by atoms with van der Waals surface area (Å²) in [5.74, 6) is 0.450. The Bertz CT molecular complexity index is 1540. The van der Waals surface area contributed by atoms with E-state index in [4.69, 9.17) is 14.1 Å². The maximum absolute atomic E-state index is 11.6. The van der Waals surface area contributed by atoms with Crippen LogP contribution in [-0.2, 0) is 19.4 Å². The number of carbonyl (C=O) groups is 1. The molecule has 1 saturated heterocycles. The van der Waals surface area contributed by atoms with Gasteiger partial charge in [-0.25, -0.2) is 9.97 Å². The van der Waals surface area contributed by atoms with Gasteiger partial charge in [0.15, 0.2) is 8.32 Å². The quantitative estimate of drug-likeness (QED) is 0.251. The smallest absolute Gasteiger partial charge is 0.329 e. The third kappa shape index (κ3) is 6.12. The molecule has 0 saturated carbocycles. The normalized spacial score (nSPS) is 19.2. The van der Waals surface area contributed by atoms with Crippen molar-refractivity contribution in [1.82, 2.24) is 19.7 Å². The zero-order valence-electron chi connectivity index (χ0n) is 26.3. The second-order valence-electron chi connectivity index (χ2n) is 13.4. The summed E-state index contributed by atoms with van der Waals surface area (Å²) in [6, 6.07) is 8.46. The van der Waals surface area contributed by atoms with Crippen LogP contribution in [0.15, 0.2) is 30.6 Å². The first kappa shape index (κ1) is 30.9. The van der Waals surface area contributed by atoms with Crippen molar-refractivity contribution >= 4 is 39.2 Å². The van der Waals surface area contributed by atoms with Gasteiger partial charge in [-0.1, -0.05) is 27.7 Å². The van der Waals surface area contributed by atoms with Crippen molar-refractivity contribution in [2.24, 2.45) is 0 Å². The van der Waals surface area contributed by atoms with E-state index in [1.165, 1.54) is 7.41 Å². The average molecular weight is 599 g/mol. The lowest BCUT2D eigenvalue weighted by Gasteiger charge is -2.39. The Hall–Kier alpha value is -3.53. The summed E-state index contributed by atoms with van der Waals surface area (Å²) in [7, 11) is -0.538. The monoisotopic (exact) mass is 598 g/mol. The molecule has 43 heavy (non-hydrogen) atoms. The molecule has 0 bridgehead atoms. The zero-order valence-corrected chi connectivity index (χ0v) is 27.3. The van der Waals surface area contributed by atoms with Gasteiger partial charge in [-0.3, -0.25) is 4.68 Å². The van der Waals surface area contributed by atoms with Gasteiger partial charge in [-0.2, -0.15) is 10.4 Å². The van der Waals surface area contributed by atoms with Gasteiger partial charge in [0.25, 0.3) is 0 Å². The summed E-state index contributed by atoms with van der Waals surface area (Å²) in [5.41, 5.74) is 5.15. The molecule has 2 aliphatic rings. The predicted molar refractivity (Wildman–Crippen MR) is 172 cm³/mol. The van der Waals surface area contributed by atoms with Crippen molar-refractivity contribution in [2.45, 2.75) is 77.0 Å². The lowest BCUT2D eigenvalue weighted by atomic mass is 9.83. The second kappa shape index (κ2) is 11.9. The fourth-order valence-corrected chi connectivity index (χ4v) is 6.71. The van der Waals surface area contributed by atoms with E-state index >= 15 is 0 Å². The molecule has 4 heterocycles. The fourth-order valence-electron chi connectivity index (χ4n) is 5.60. The minimum atomic E-state index is -2.04. The van der Waals surface area contributed by atoms with Crippen molar-refractivity contribution in [2.75, 3.05) is 36.5 Å². The molecule has 1 aromatic carbocycles. The van der Waals surface area contributed by atoms with Gasteiger partial charge in [-0.15, -0.1) is 0 Å². The Labute approximate surface area is 256 Å². The largest absolute Gasteiger partial charge is 0.416 e. The van der Waals surface area contributed by atoms with Crippen LogP contribution in [0.5, 0.6) is 0 Å². The molecule has 5 rings (SSSR count). The van der Waals surface area contributed by atoms with Crippen LogP contribution in [0.1, 0.15) is 63.4 Å². The highest BCUT2D eigenvalue weighted by Gasteiger charge is 2.44. The molecule has 0 unspecified atom stereocenters. The maximum atomic E-state index is 11.6. The highest BCUT2D eigenvalue weighted by molar-refractivity contribution is 6.74. The number of nitriles is 1. The topological polar surface area (TPSA) is 118 Å². The SMILES string of the molecule is Cc1c(Nc2nccc(-c3cc(C#N)c4c(c3)[C@@](C)(CO[Si](C)(C)C(C)(C)C)CN4[B]C=O)n2)cnn1C1CCOCC1. The molecule has 1 fully saturated rings. The van der Waals surface area contributed by atoms with Crippen LogP contribution in [-0.4, -0.2) is 68.0 Å². The molecule has 1 N–H and O–H groups in total. The molecule has 12 heteroatoms. The average Bonchev–Trinajstić information content (AvgIpc) is 3.48. The number of ether oxygens (including phenoxy) is 1. The van der Waals surface area contributed by atoms with Crippen LogP contribution in [0, 0.1) is 18.3 Å². The van der Waals surface area contributed by atoms with Gasteiger partial charge < -0.3 is 24.1 Å². The lowest BCUT2D eigenvalue weighted by Crippen LogP contribution is -2.46. The molecule has 2 aromatic heterocycles. The summed E-state index contributed by atoms with van der Waals surface area (Å²) in [6.45, 7) is 17.9. The van der Waals surface area contributed by atoms with Gasteiger partial charge in [-0.05, 0) is 61.7 Å². The van der Waals surface area contributed by atoms with E-state index in [1.54, 1.807) is 6.20 Å². The first-order chi connectivity index (χ1) is 20.4. The van der Waals surface area contributed by atoms with E-state index in [2.05, 4.69) is 73.0 Å². The Balaban J connectivity index is 1.47. The number of rotatable bonds is 9. The number of nitrogens with zero attached hydrogens (tertiary/aromatic N) is 6. The van der Waals surface area contributed by atoms with E-state index < -0.39 is 13.7 Å². The van der Waals surface area contributed by atoms with Crippen LogP contribution in [0.2, 0.25) is 18.1 Å². The second-order valence-corrected chi connectivity index (χ2v) is 18.2. The standard InChI is InChI=1S/C31H41BN7O3Si/c1-21-27(17-35-39(21)24-9-12-41-13-10-24)37-29-34-11-8-26(36-29)22-14-23(16-33)28-25(15-22)31(5,18-38(28)32-20-40)19-42-43(6,7)30(2,3)4/h8,11,14-15,17,20,24H,9-10,12-13,18-19H2,1-7H3,(H,34,36,37)/t31-/m1/s1. The van der Waals surface area contributed by atoms with E-state index in [0.717, 1.165) is 60.4 Å². The lowest BCUT2D eigenvalue weighted by molar-refractivity contribution is 0.0657. The van der Waals surface area contributed by atoms with Crippen LogP contribution in [0.4, 0.5) is 17.3 Å². The summed E-state index contributed by atoms with van der Waals surface area (Å²) >= 11 is 0. The summed E-state index contributed by atoms with van der Waals surface area (Å²) < 4.78 is 14.3. The summed E-state index contributed by atoms with van der Waals surface area (Å²) in [5, 5.41) is 18.3. The molecule has 3 aromatic rings. The minimum absolute atomic E-state index is 0.0586. The number of nitrogens with one attached hydrogen (secondary N) is 1. The first-order valence-electron chi connectivity index (χ1n) is 14.9. The number of fused-ring (bicyclic) bond motifs is 1. The van der Waals surface area contributed by atoms with Gasteiger partial charge in [0.05, 0.1) is 34.9 Å². The molecule has 10 nitrogen and oxygen atoms in total. The summed E-state index contributed by atoms with van der Waals surface area (Å²) in [6.07, 6.45) is 6.18. The molecular formula is C31H41BN7O3Si. The number of benzene rings is 1. The van der Waals surface area contributed by atoms with Crippen LogP contribution >= 0.6 is 0 Å². The van der Waals surface area contributed by atoms with Crippen molar-refractivity contribution in [1.29, 1.82) is 5.26 Å². The van der Waals surface area contributed by atoms with Crippen LogP contribution in [0.3, 0.4) is 0 Å². The van der Waals surface area contributed by atoms with Crippen LogP contribution in [0.25, 0.3) is 11.3 Å². The van der Waals surface area contributed by atoms with E-state index in [1.807, 2.05) is 30.1 Å². The maximum Gasteiger partial charge on any atom is 0.329 e. The third-order valence-electron chi connectivity index (χ3n) is 9.26. The van der Waals surface area contributed by atoms with Crippen molar-refractivity contribution in [3.63, 3.8) is 0 Å². The highest BCUT2D eigenvalue weighted by Crippen LogP contribution is 2.46. The molecular weight excluding hydrogens is 557 g/mol. The van der Waals surface area contributed by atoms with Gasteiger partial charge in [0.1, 0.15) is 12.3 Å². The number of hydrogen-bond acceptors (Lipinski definition) is 9. The Morgan fingerprint density at radius 2 is 2.05 bits per heavy atom. The molecule has 1 radical (unpaired) electrons. The number of carbonyl (C=O) groups excluding carboxylic acids is 1. The minimum Gasteiger partial charge on any atom is -0.416 e. The number of hydrogen-bond donors (Lipinski definition) is 1. The van der Waals surface area contributed by atoms with Crippen LogP contribution < -0.4 is 10.1 Å². The Morgan fingerprint density at radius 3 is 2.72 bits per heavy atom. The van der Waals surface area contributed by atoms with Gasteiger partial charge >= 0.3 is 7.41 Å².